The Morgan fingerprint density at radius 1 is 1.62 bits per heavy atom. The van der Waals surface area contributed by atoms with E-state index in [1.54, 1.807) is 0 Å². The monoisotopic (exact) mass is 363 g/mol. The van der Waals surface area contributed by atoms with E-state index >= 15 is 0 Å². The van der Waals surface area contributed by atoms with Crippen LogP contribution in [0.2, 0.25) is 0 Å². The maximum absolute atomic E-state index is 12.2. The van der Waals surface area contributed by atoms with Crippen LogP contribution in [0.15, 0.2) is 10.9 Å². The molecule has 0 amide bonds. The number of hydrogen-bond acceptors (Lipinski definition) is 1. The van der Waals surface area contributed by atoms with Crippen LogP contribution in [0.5, 0.6) is 0 Å². The van der Waals surface area contributed by atoms with Crippen molar-refractivity contribution in [1.82, 2.24) is 4.98 Å². The molecule has 0 spiro atoms. The topological polar surface area (TPSA) is 32.9 Å². The van der Waals surface area contributed by atoms with Crippen molar-refractivity contribution < 1.29 is 8.78 Å². The molecule has 0 atom stereocenters. The zero-order chi connectivity index (χ0) is 10.0. The van der Waals surface area contributed by atoms with Crippen LogP contribution in [0.3, 0.4) is 0 Å². The zero-order valence-corrected chi connectivity index (χ0v) is 10.0. The van der Waals surface area contributed by atoms with Gasteiger partial charge in [0, 0.05) is 5.33 Å². The van der Waals surface area contributed by atoms with E-state index in [1.807, 2.05) is 22.6 Å². The SMILES string of the molecule is O=c1[nH]c(I)c(CBr)cc1C(F)F. The first-order chi connectivity index (χ1) is 6.06. The van der Waals surface area contributed by atoms with E-state index in [2.05, 4.69) is 20.9 Å². The largest absolute Gasteiger partial charge is 0.317 e. The molecule has 0 radical (unpaired) electrons. The molecule has 1 heterocycles. The van der Waals surface area contributed by atoms with Crippen molar-refractivity contribution in [2.75, 3.05) is 0 Å². The summed E-state index contributed by atoms with van der Waals surface area (Å²) in [5.74, 6) is 0. The lowest BCUT2D eigenvalue weighted by molar-refractivity contribution is 0.149. The minimum Gasteiger partial charge on any atom is -0.317 e. The normalized spacial score (nSPS) is 10.8. The summed E-state index contributed by atoms with van der Waals surface area (Å²) in [6, 6.07) is 1.22. The van der Waals surface area contributed by atoms with Crippen molar-refractivity contribution in [2.24, 2.45) is 0 Å². The van der Waals surface area contributed by atoms with Gasteiger partial charge in [0.2, 0.25) is 0 Å². The molecule has 0 aliphatic heterocycles. The fraction of sp³-hybridized carbons (Fsp3) is 0.286. The highest BCUT2D eigenvalue weighted by atomic mass is 127. The Labute approximate surface area is 95.0 Å². The maximum atomic E-state index is 12.2. The fourth-order valence-corrected chi connectivity index (χ4v) is 2.39. The van der Waals surface area contributed by atoms with E-state index in [0.29, 0.717) is 14.6 Å². The minimum absolute atomic E-state index is 0.446. The Kier molecular flexibility index (Phi) is 3.84. The van der Waals surface area contributed by atoms with Crippen molar-refractivity contribution in [3.63, 3.8) is 0 Å². The van der Waals surface area contributed by atoms with Gasteiger partial charge < -0.3 is 4.98 Å². The Hall–Kier alpha value is 0.0200. The molecule has 0 aliphatic rings. The van der Waals surface area contributed by atoms with Crippen LogP contribution in [0, 0.1) is 3.70 Å². The Bertz CT molecular complexity index is 366. The third-order valence-corrected chi connectivity index (χ3v) is 3.04. The summed E-state index contributed by atoms with van der Waals surface area (Å²) < 4.78 is 25.1. The van der Waals surface area contributed by atoms with Crippen LogP contribution in [0.25, 0.3) is 0 Å². The third-order valence-electron chi connectivity index (χ3n) is 1.48. The fourth-order valence-electron chi connectivity index (χ4n) is 0.828. The molecule has 1 rings (SSSR count). The molecule has 1 aromatic heterocycles. The Balaban J connectivity index is 3.31. The van der Waals surface area contributed by atoms with Gasteiger partial charge in [0.1, 0.15) is 0 Å². The lowest BCUT2D eigenvalue weighted by Crippen LogP contribution is -2.15. The van der Waals surface area contributed by atoms with Gasteiger partial charge in [-0.3, -0.25) is 4.79 Å². The highest BCUT2D eigenvalue weighted by molar-refractivity contribution is 14.1. The van der Waals surface area contributed by atoms with Crippen LogP contribution in [-0.4, -0.2) is 4.98 Å². The number of alkyl halides is 3. The molecular formula is C7H5BrF2INO. The van der Waals surface area contributed by atoms with Crippen molar-refractivity contribution in [2.45, 2.75) is 11.8 Å². The Morgan fingerprint density at radius 3 is 2.69 bits per heavy atom. The van der Waals surface area contributed by atoms with E-state index in [-0.39, 0.29) is 0 Å². The number of pyridine rings is 1. The molecule has 0 aromatic carbocycles. The average Bonchev–Trinajstić information content (AvgIpc) is 2.03. The number of aromatic nitrogens is 1. The zero-order valence-electron chi connectivity index (χ0n) is 6.28. The standard InChI is InChI=1S/C7H5BrF2INO/c8-2-3-1-4(5(9)10)7(13)12-6(3)11/h1,5H,2H2,(H,12,13). The summed E-state index contributed by atoms with van der Waals surface area (Å²) in [4.78, 5) is 13.4. The van der Waals surface area contributed by atoms with Crippen LogP contribution in [-0.2, 0) is 5.33 Å². The molecule has 1 aromatic rings. The number of H-pyrrole nitrogens is 1. The molecule has 0 aliphatic carbocycles. The molecule has 0 bridgehead atoms. The molecule has 72 valence electrons. The number of halogens is 4. The number of rotatable bonds is 2. The molecular weight excluding hydrogens is 359 g/mol. The van der Waals surface area contributed by atoms with Crippen LogP contribution in [0.4, 0.5) is 8.78 Å². The predicted octanol–water partition coefficient (Wildman–Crippen LogP) is 2.81. The van der Waals surface area contributed by atoms with Gasteiger partial charge in [0.15, 0.2) is 0 Å². The first kappa shape index (κ1) is 11.1. The molecule has 0 unspecified atom stereocenters. The van der Waals surface area contributed by atoms with Gasteiger partial charge in [-0.15, -0.1) is 0 Å². The second kappa shape index (κ2) is 4.50. The van der Waals surface area contributed by atoms with E-state index in [4.69, 9.17) is 0 Å². The molecule has 0 saturated heterocycles. The van der Waals surface area contributed by atoms with Gasteiger partial charge in [0.25, 0.3) is 12.0 Å². The van der Waals surface area contributed by atoms with E-state index in [0.717, 1.165) is 0 Å². The highest BCUT2D eigenvalue weighted by Gasteiger charge is 2.14. The van der Waals surface area contributed by atoms with Gasteiger partial charge in [-0.25, -0.2) is 8.78 Å². The summed E-state index contributed by atoms with van der Waals surface area (Å²) >= 11 is 5.04. The van der Waals surface area contributed by atoms with Gasteiger partial charge in [-0.05, 0) is 34.2 Å². The van der Waals surface area contributed by atoms with Gasteiger partial charge in [-0.1, -0.05) is 15.9 Å². The van der Waals surface area contributed by atoms with Crippen molar-refractivity contribution in [1.29, 1.82) is 0 Å². The van der Waals surface area contributed by atoms with Gasteiger partial charge >= 0.3 is 0 Å². The minimum atomic E-state index is -2.72. The summed E-state index contributed by atoms with van der Waals surface area (Å²) in [6.07, 6.45) is -2.72. The molecule has 2 nitrogen and oxygen atoms in total. The third kappa shape index (κ3) is 2.49. The van der Waals surface area contributed by atoms with Crippen LogP contribution >= 0.6 is 38.5 Å². The average molecular weight is 364 g/mol. The van der Waals surface area contributed by atoms with E-state index in [9.17, 15) is 13.6 Å². The number of hydrogen-bond donors (Lipinski definition) is 1. The number of nitrogens with one attached hydrogen (secondary N) is 1. The summed E-state index contributed by atoms with van der Waals surface area (Å²) in [7, 11) is 0. The first-order valence-electron chi connectivity index (χ1n) is 3.32. The molecule has 13 heavy (non-hydrogen) atoms. The Morgan fingerprint density at radius 2 is 2.23 bits per heavy atom. The first-order valence-corrected chi connectivity index (χ1v) is 5.52. The second-order valence-corrected chi connectivity index (χ2v) is 3.97. The lowest BCUT2D eigenvalue weighted by atomic mass is 10.2. The smallest absolute Gasteiger partial charge is 0.269 e. The molecule has 0 saturated carbocycles. The number of aromatic amines is 1. The van der Waals surface area contributed by atoms with Gasteiger partial charge in [0.05, 0.1) is 9.26 Å². The lowest BCUT2D eigenvalue weighted by Gasteiger charge is -2.03. The van der Waals surface area contributed by atoms with E-state index in [1.165, 1.54) is 6.07 Å². The van der Waals surface area contributed by atoms with Crippen molar-refractivity contribution in [3.8, 4) is 0 Å². The predicted molar refractivity (Wildman–Crippen MR) is 57.4 cm³/mol. The summed E-state index contributed by atoms with van der Waals surface area (Å²) in [6.45, 7) is 0. The summed E-state index contributed by atoms with van der Waals surface area (Å²) in [5.41, 5.74) is -0.533. The highest BCUT2D eigenvalue weighted by Crippen LogP contribution is 2.19. The molecule has 0 fully saturated rings. The van der Waals surface area contributed by atoms with Crippen molar-refractivity contribution >= 4 is 38.5 Å². The van der Waals surface area contributed by atoms with E-state index < -0.39 is 17.5 Å². The van der Waals surface area contributed by atoms with Crippen molar-refractivity contribution in [3.05, 3.63) is 31.2 Å². The maximum Gasteiger partial charge on any atom is 0.269 e. The quantitative estimate of drug-likeness (QED) is 0.489. The van der Waals surface area contributed by atoms with Crippen LogP contribution in [0.1, 0.15) is 17.6 Å². The molecule has 1 N–H and O–H groups in total. The second-order valence-electron chi connectivity index (χ2n) is 2.33. The van der Waals surface area contributed by atoms with Gasteiger partial charge in [-0.2, -0.15) is 0 Å². The summed E-state index contributed by atoms with van der Waals surface area (Å²) in [5, 5.41) is 0.446. The molecule has 6 heteroatoms. The van der Waals surface area contributed by atoms with Crippen LogP contribution < -0.4 is 5.56 Å².